The number of nitrogens with zero attached hydrogens (tertiary/aromatic N) is 3. The zero-order valence-electron chi connectivity index (χ0n) is 32.5. The molecule has 3 saturated carbocycles. The molecule has 0 aromatic carbocycles. The third-order valence-electron chi connectivity index (χ3n) is 14.6. The van der Waals surface area contributed by atoms with Gasteiger partial charge >= 0.3 is 11.9 Å². The number of carbonyl (C=O) groups excluding carboxylic acids is 3. The van der Waals surface area contributed by atoms with Crippen LogP contribution in [0, 0.1) is 46.3 Å². The Hall–Kier alpha value is -3.10. The monoisotopic (exact) mass is 717 g/mol. The molecule has 3 saturated heterocycles. The van der Waals surface area contributed by atoms with Crippen molar-refractivity contribution in [3.05, 3.63) is 34.8 Å². The summed E-state index contributed by atoms with van der Waals surface area (Å²) < 4.78 is 5.70. The molecule has 0 aromatic heterocycles. The van der Waals surface area contributed by atoms with E-state index in [2.05, 4.69) is 40.7 Å². The molecule has 8 atom stereocenters. The topological polar surface area (TPSA) is 107 Å². The number of hydrogen-bond acceptors (Lipinski definition) is 8. The van der Waals surface area contributed by atoms with Gasteiger partial charge in [-0.3, -0.25) is 19.2 Å². The number of ether oxygens (including phenoxy) is 1. The van der Waals surface area contributed by atoms with Crippen LogP contribution >= 0.6 is 0 Å². The van der Waals surface area contributed by atoms with Crippen LogP contribution in [0.1, 0.15) is 118 Å². The first kappa shape index (κ1) is 37.2. The van der Waals surface area contributed by atoms with Crippen LogP contribution in [0.2, 0.25) is 0 Å². The summed E-state index contributed by atoms with van der Waals surface area (Å²) >= 11 is 0. The second-order valence-electron chi connectivity index (χ2n) is 18.4. The van der Waals surface area contributed by atoms with Crippen molar-refractivity contribution >= 4 is 23.5 Å². The van der Waals surface area contributed by atoms with Crippen molar-refractivity contribution in [2.24, 2.45) is 46.3 Å². The maximum atomic E-state index is 12.4. The summed E-state index contributed by atoms with van der Waals surface area (Å²) in [4.78, 5) is 53.4. The van der Waals surface area contributed by atoms with E-state index in [1.165, 1.54) is 63.0 Å². The minimum atomic E-state index is -0.942. The molecule has 9 nitrogen and oxygen atoms in total. The Bertz CT molecular complexity index is 1530. The van der Waals surface area contributed by atoms with Crippen LogP contribution in [0.15, 0.2) is 34.8 Å². The fourth-order valence-corrected chi connectivity index (χ4v) is 11.5. The van der Waals surface area contributed by atoms with Gasteiger partial charge in [-0.25, -0.2) is 0 Å². The van der Waals surface area contributed by atoms with Gasteiger partial charge in [0.15, 0.2) is 0 Å². The van der Waals surface area contributed by atoms with Gasteiger partial charge in [0.2, 0.25) is 11.6 Å². The zero-order chi connectivity index (χ0) is 36.9. The van der Waals surface area contributed by atoms with Crippen LogP contribution in [0.3, 0.4) is 0 Å². The Kier molecular flexibility index (Phi) is 10.5. The summed E-state index contributed by atoms with van der Waals surface area (Å²) in [6.45, 7) is 17.8. The molecule has 0 spiro atoms. The lowest BCUT2D eigenvalue weighted by molar-refractivity contribution is -0.154. The van der Waals surface area contributed by atoms with Crippen LogP contribution in [0.25, 0.3) is 0 Å². The summed E-state index contributed by atoms with van der Waals surface area (Å²) in [5, 5.41) is 8.84. The molecule has 1 N–H and O–H groups in total. The van der Waals surface area contributed by atoms with Crippen molar-refractivity contribution < 1.29 is 29.0 Å². The van der Waals surface area contributed by atoms with E-state index >= 15 is 0 Å². The van der Waals surface area contributed by atoms with Crippen molar-refractivity contribution in [1.29, 1.82) is 0 Å². The second-order valence-corrected chi connectivity index (χ2v) is 18.4. The fourth-order valence-electron chi connectivity index (χ4n) is 11.5. The molecule has 0 unspecified atom stereocenters. The highest BCUT2D eigenvalue weighted by atomic mass is 16.5. The molecule has 8 aliphatic rings. The van der Waals surface area contributed by atoms with E-state index in [1.54, 1.807) is 0 Å². The van der Waals surface area contributed by atoms with Crippen LogP contribution in [-0.4, -0.2) is 88.7 Å². The Morgan fingerprint density at radius 1 is 0.865 bits per heavy atom. The average Bonchev–Trinajstić information content (AvgIpc) is 3.93. The van der Waals surface area contributed by atoms with Gasteiger partial charge in [-0.05, 0) is 91.3 Å². The van der Waals surface area contributed by atoms with Crippen molar-refractivity contribution in [3.8, 4) is 0 Å². The third-order valence-corrected chi connectivity index (χ3v) is 14.6. The molecule has 0 aromatic rings. The van der Waals surface area contributed by atoms with E-state index in [4.69, 9.17) is 9.84 Å². The van der Waals surface area contributed by atoms with Crippen molar-refractivity contribution in [1.82, 2.24) is 14.7 Å². The minimum absolute atomic E-state index is 0.00546. The molecule has 0 amide bonds. The number of carboxylic acid groups (broad SMARTS) is 1. The third kappa shape index (κ3) is 7.48. The van der Waals surface area contributed by atoms with Crippen molar-refractivity contribution in [3.63, 3.8) is 0 Å². The van der Waals surface area contributed by atoms with Crippen molar-refractivity contribution in [2.75, 3.05) is 39.3 Å². The van der Waals surface area contributed by atoms with Gasteiger partial charge in [-0.15, -0.1) is 0 Å². The van der Waals surface area contributed by atoms with E-state index in [0.29, 0.717) is 22.5 Å². The molecule has 3 heterocycles. The largest absolute Gasteiger partial charge is 0.481 e. The molecule has 3 aliphatic heterocycles. The summed E-state index contributed by atoms with van der Waals surface area (Å²) in [6, 6.07) is 0. The molecule has 5 aliphatic carbocycles. The Morgan fingerprint density at radius 2 is 1.56 bits per heavy atom. The van der Waals surface area contributed by atoms with Gasteiger partial charge in [-0.1, -0.05) is 65.5 Å². The Morgan fingerprint density at radius 3 is 2.21 bits per heavy atom. The van der Waals surface area contributed by atoms with Crippen LogP contribution in [0.4, 0.5) is 0 Å². The normalized spacial score (nSPS) is 35.1. The zero-order valence-corrected chi connectivity index (χ0v) is 32.5. The molecular weight excluding hydrogens is 654 g/mol. The molecule has 9 heteroatoms. The van der Waals surface area contributed by atoms with Crippen LogP contribution in [0.5, 0.6) is 0 Å². The van der Waals surface area contributed by atoms with E-state index in [9.17, 15) is 19.2 Å². The molecule has 52 heavy (non-hydrogen) atoms. The van der Waals surface area contributed by atoms with Crippen molar-refractivity contribution in [2.45, 2.75) is 124 Å². The maximum Gasteiger partial charge on any atom is 0.306 e. The van der Waals surface area contributed by atoms with E-state index in [1.807, 2.05) is 14.7 Å². The molecule has 0 bridgehead atoms. The van der Waals surface area contributed by atoms with Gasteiger partial charge in [0.05, 0.1) is 18.5 Å². The number of carbonyl (C=O) groups is 4. The van der Waals surface area contributed by atoms with E-state index in [0.717, 1.165) is 94.0 Å². The number of rotatable bonds is 12. The van der Waals surface area contributed by atoms with E-state index in [-0.39, 0.29) is 41.9 Å². The SMILES string of the molecule is CC(C)CCC[C@@H](C)[C@H]1CC[C@H]2[C@@H]3CC=C4C[C@@H](OC(=O)CCC(=O)O)CC[C@]4(C)[C@H]3CC[C@]12C.O=C1C=C(N2CC2)C(=O)C(N2CC2)=C1N1CC1. The number of carboxylic acids is 1. The Balaban J connectivity index is 0.000000203. The summed E-state index contributed by atoms with van der Waals surface area (Å²) in [6.07, 6.45) is 17.6. The van der Waals surface area contributed by atoms with Gasteiger partial charge in [0.1, 0.15) is 17.5 Å². The smallest absolute Gasteiger partial charge is 0.306 e. The quantitative estimate of drug-likeness (QED) is 0.0990. The summed E-state index contributed by atoms with van der Waals surface area (Å²) in [5.41, 5.74) is 4.16. The number of Topliss-reactive ketones (excluding diaryl/α,β-unsaturated/α-hetero) is 1. The lowest BCUT2D eigenvalue weighted by atomic mass is 9.47. The van der Waals surface area contributed by atoms with E-state index < -0.39 is 5.97 Å². The number of esters is 1. The van der Waals surface area contributed by atoms with Gasteiger partial charge in [-0.2, -0.15) is 0 Å². The van der Waals surface area contributed by atoms with Gasteiger partial charge in [0.25, 0.3) is 0 Å². The molecule has 8 rings (SSSR count). The molecular formula is C43H63N3O6. The number of allylic oxidation sites excluding steroid dienone is 2. The molecule has 6 fully saturated rings. The van der Waals surface area contributed by atoms with Crippen LogP contribution in [-0.2, 0) is 23.9 Å². The minimum Gasteiger partial charge on any atom is -0.481 e. The first-order valence-corrected chi connectivity index (χ1v) is 20.7. The molecule has 0 radical (unpaired) electrons. The second kappa shape index (κ2) is 14.6. The maximum absolute atomic E-state index is 12.4. The highest BCUT2D eigenvalue weighted by molar-refractivity contribution is 6.22. The van der Waals surface area contributed by atoms with Gasteiger partial charge < -0.3 is 24.5 Å². The Labute approximate surface area is 311 Å². The number of fused-ring (bicyclic) bond motifs is 5. The predicted molar refractivity (Wildman–Crippen MR) is 200 cm³/mol. The lowest BCUT2D eigenvalue weighted by Crippen LogP contribution is -2.51. The average molecular weight is 718 g/mol. The van der Waals surface area contributed by atoms with Crippen LogP contribution < -0.4 is 0 Å². The predicted octanol–water partition coefficient (Wildman–Crippen LogP) is 6.98. The fraction of sp³-hybridized carbons (Fsp3) is 0.767. The first-order chi connectivity index (χ1) is 24.8. The summed E-state index contributed by atoms with van der Waals surface area (Å²) in [5.74, 6) is 3.73. The van der Waals surface area contributed by atoms with Gasteiger partial charge in [0, 0.05) is 51.8 Å². The number of aliphatic carboxylic acids is 1. The lowest BCUT2D eigenvalue weighted by Gasteiger charge is -2.58. The standard InChI is InChI=1S/C31H50O4.C12H13N3O2/c1-20(2)7-6-8-21(3)25-11-12-26-24-10-9-22-19-23(35-29(34)14-13-28(32)33)15-17-30(22,4)27(24)16-18-31(25,26)5;16-9-7-8(13-1-2-13)12(17)11(15-5-6-15)10(9)14-3-4-14/h9,20-21,23-27H,6-8,10-19H2,1-5H3,(H,32,33);7H,1-6H2/t21-,23+,24+,25-,26+,27+,30+,31-;/m1./s1. The number of hydrogen-bond donors (Lipinski definition) is 1. The molecule has 286 valence electrons. The summed E-state index contributed by atoms with van der Waals surface area (Å²) in [7, 11) is 0. The first-order valence-electron chi connectivity index (χ1n) is 20.7. The number of ketones is 2. The highest BCUT2D eigenvalue weighted by Gasteiger charge is 2.59. The highest BCUT2D eigenvalue weighted by Crippen LogP contribution is 2.67.